The molecule has 6 nitrogen and oxygen atoms in total. The van der Waals surface area contributed by atoms with E-state index < -0.39 is 6.03 Å². The highest BCUT2D eigenvalue weighted by molar-refractivity contribution is 5.95. The van der Waals surface area contributed by atoms with Crippen LogP contribution in [0.15, 0.2) is 0 Å². The van der Waals surface area contributed by atoms with Crippen LogP contribution in [0.25, 0.3) is 0 Å². The minimum atomic E-state index is -0.443. The number of likely N-dealkylation sites (N-methyl/N-ethyl adjacent to an activating group) is 1. The highest BCUT2D eigenvalue weighted by atomic mass is 16.3. The monoisotopic (exact) mass is 285 g/mol. The molecule has 0 bridgehead atoms. The summed E-state index contributed by atoms with van der Waals surface area (Å²) in [6.45, 7) is 2.74. The van der Waals surface area contributed by atoms with E-state index in [0.29, 0.717) is 6.54 Å². The van der Waals surface area contributed by atoms with Crippen molar-refractivity contribution in [2.75, 3.05) is 20.1 Å². The Morgan fingerprint density at radius 1 is 1.30 bits per heavy atom. The summed E-state index contributed by atoms with van der Waals surface area (Å²) in [7, 11) is 1.81. The van der Waals surface area contributed by atoms with E-state index in [9.17, 15) is 14.7 Å². The summed E-state index contributed by atoms with van der Waals surface area (Å²) in [5, 5.41) is 14.9. The molecule has 1 aliphatic rings. The minimum absolute atomic E-state index is 0.0117. The molecule has 1 aliphatic carbocycles. The molecular weight excluding hydrogens is 258 g/mol. The van der Waals surface area contributed by atoms with Gasteiger partial charge in [0, 0.05) is 12.6 Å². The molecule has 3 N–H and O–H groups in total. The number of urea groups is 1. The zero-order chi connectivity index (χ0) is 15.0. The fourth-order valence-corrected chi connectivity index (χ4v) is 2.54. The quantitative estimate of drug-likeness (QED) is 0.632. The summed E-state index contributed by atoms with van der Waals surface area (Å²) in [5.41, 5.74) is 0. The van der Waals surface area contributed by atoms with Crippen molar-refractivity contribution in [3.8, 4) is 0 Å². The first kappa shape index (κ1) is 16.9. The molecule has 2 atom stereocenters. The van der Waals surface area contributed by atoms with E-state index in [2.05, 4.69) is 10.6 Å². The molecular formula is C14H27N3O3. The molecule has 1 fully saturated rings. The SMILES string of the molecule is CCCCNC(=O)NC(=O)CN(C)C1CCCCC1O. The number of hydrogen-bond donors (Lipinski definition) is 3. The van der Waals surface area contributed by atoms with Gasteiger partial charge in [0.05, 0.1) is 12.6 Å². The highest BCUT2D eigenvalue weighted by Gasteiger charge is 2.27. The Morgan fingerprint density at radius 3 is 2.65 bits per heavy atom. The van der Waals surface area contributed by atoms with E-state index >= 15 is 0 Å². The van der Waals surface area contributed by atoms with Crippen LogP contribution in [0.3, 0.4) is 0 Å². The first-order chi connectivity index (χ1) is 9.54. The molecule has 0 spiro atoms. The van der Waals surface area contributed by atoms with Crippen molar-refractivity contribution in [2.24, 2.45) is 0 Å². The van der Waals surface area contributed by atoms with Gasteiger partial charge in [0.2, 0.25) is 5.91 Å². The number of rotatable bonds is 6. The minimum Gasteiger partial charge on any atom is -0.391 e. The fourth-order valence-electron chi connectivity index (χ4n) is 2.54. The van der Waals surface area contributed by atoms with Crippen molar-refractivity contribution in [1.82, 2.24) is 15.5 Å². The van der Waals surface area contributed by atoms with Crippen LogP contribution in [0.5, 0.6) is 0 Å². The summed E-state index contributed by atoms with van der Waals surface area (Å²) in [4.78, 5) is 25.0. The van der Waals surface area contributed by atoms with Gasteiger partial charge in [-0.25, -0.2) is 4.79 Å². The first-order valence-electron chi connectivity index (χ1n) is 7.50. The number of aliphatic hydroxyl groups is 1. The second-order valence-electron chi connectivity index (χ2n) is 5.49. The van der Waals surface area contributed by atoms with Crippen LogP contribution in [0.4, 0.5) is 4.79 Å². The van der Waals surface area contributed by atoms with Crippen molar-refractivity contribution in [3.05, 3.63) is 0 Å². The van der Waals surface area contributed by atoms with E-state index in [0.717, 1.165) is 38.5 Å². The molecule has 0 radical (unpaired) electrons. The molecule has 1 rings (SSSR count). The van der Waals surface area contributed by atoms with Crippen molar-refractivity contribution >= 4 is 11.9 Å². The van der Waals surface area contributed by atoms with Crippen molar-refractivity contribution < 1.29 is 14.7 Å². The lowest BCUT2D eigenvalue weighted by molar-refractivity contribution is -0.122. The lowest BCUT2D eigenvalue weighted by atomic mass is 9.91. The van der Waals surface area contributed by atoms with Crippen LogP contribution in [-0.2, 0) is 4.79 Å². The third kappa shape index (κ3) is 5.88. The van der Waals surface area contributed by atoms with Crippen LogP contribution in [-0.4, -0.2) is 54.2 Å². The summed E-state index contributed by atoms with van der Waals surface area (Å²) in [5.74, 6) is -0.334. The standard InChI is InChI=1S/C14H27N3O3/c1-3-4-9-15-14(20)16-13(19)10-17(2)11-7-5-6-8-12(11)18/h11-12,18H,3-10H2,1-2H3,(H2,15,16,19,20). The van der Waals surface area contributed by atoms with Crippen LogP contribution >= 0.6 is 0 Å². The number of imide groups is 1. The number of nitrogens with one attached hydrogen (secondary N) is 2. The summed E-state index contributed by atoms with van der Waals surface area (Å²) in [6, 6.07) is -0.432. The molecule has 0 aromatic rings. The van der Waals surface area contributed by atoms with Gasteiger partial charge in [-0.1, -0.05) is 26.2 Å². The number of nitrogens with zero attached hydrogens (tertiary/aromatic N) is 1. The van der Waals surface area contributed by atoms with E-state index in [-0.39, 0.29) is 24.6 Å². The van der Waals surface area contributed by atoms with Gasteiger partial charge in [-0.3, -0.25) is 15.0 Å². The average molecular weight is 285 g/mol. The molecule has 0 saturated heterocycles. The number of aliphatic hydroxyl groups excluding tert-OH is 1. The lowest BCUT2D eigenvalue weighted by Crippen LogP contribution is -2.49. The number of amides is 3. The van der Waals surface area contributed by atoms with Crippen molar-refractivity contribution in [3.63, 3.8) is 0 Å². The molecule has 0 aliphatic heterocycles. The van der Waals surface area contributed by atoms with Gasteiger partial charge in [0.1, 0.15) is 0 Å². The third-order valence-electron chi connectivity index (χ3n) is 3.72. The van der Waals surface area contributed by atoms with E-state index in [1.807, 2.05) is 18.9 Å². The molecule has 3 amide bonds. The molecule has 20 heavy (non-hydrogen) atoms. The molecule has 2 unspecified atom stereocenters. The Bertz CT molecular complexity index is 323. The Kier molecular flexibility index (Phi) is 7.54. The second-order valence-corrected chi connectivity index (χ2v) is 5.49. The Hall–Kier alpha value is -1.14. The summed E-state index contributed by atoms with van der Waals surface area (Å²) < 4.78 is 0. The number of carbonyl (C=O) groups is 2. The topological polar surface area (TPSA) is 81.7 Å². The van der Waals surface area contributed by atoms with Crippen LogP contribution < -0.4 is 10.6 Å². The van der Waals surface area contributed by atoms with Gasteiger partial charge in [0.15, 0.2) is 0 Å². The normalized spacial score (nSPS) is 22.6. The maximum absolute atomic E-state index is 11.8. The predicted octanol–water partition coefficient (Wildman–Crippen LogP) is 0.848. The Morgan fingerprint density at radius 2 is 2.00 bits per heavy atom. The van der Waals surface area contributed by atoms with Gasteiger partial charge in [-0.05, 0) is 26.3 Å². The van der Waals surface area contributed by atoms with Crippen LogP contribution in [0.2, 0.25) is 0 Å². The molecule has 0 aromatic carbocycles. The fraction of sp³-hybridized carbons (Fsp3) is 0.857. The van der Waals surface area contributed by atoms with Crippen LogP contribution in [0.1, 0.15) is 45.4 Å². The molecule has 1 saturated carbocycles. The molecule has 116 valence electrons. The van der Waals surface area contributed by atoms with E-state index in [1.165, 1.54) is 0 Å². The second kappa shape index (κ2) is 8.92. The maximum Gasteiger partial charge on any atom is 0.321 e. The Labute approximate surface area is 120 Å². The summed E-state index contributed by atoms with van der Waals surface area (Å²) >= 11 is 0. The largest absolute Gasteiger partial charge is 0.391 e. The van der Waals surface area contributed by atoms with Gasteiger partial charge in [-0.2, -0.15) is 0 Å². The summed E-state index contributed by atoms with van der Waals surface area (Å²) in [6.07, 6.45) is 5.32. The lowest BCUT2D eigenvalue weighted by Gasteiger charge is -2.34. The molecule has 0 heterocycles. The number of unbranched alkanes of at least 4 members (excludes halogenated alkanes) is 1. The van der Waals surface area contributed by atoms with Crippen molar-refractivity contribution in [2.45, 2.75) is 57.6 Å². The molecule has 0 aromatic heterocycles. The Balaban J connectivity index is 2.28. The van der Waals surface area contributed by atoms with Gasteiger partial charge in [0.25, 0.3) is 0 Å². The van der Waals surface area contributed by atoms with Crippen molar-refractivity contribution in [1.29, 1.82) is 0 Å². The zero-order valence-electron chi connectivity index (χ0n) is 12.5. The maximum atomic E-state index is 11.8. The predicted molar refractivity (Wildman–Crippen MR) is 77.3 cm³/mol. The smallest absolute Gasteiger partial charge is 0.321 e. The number of hydrogen-bond acceptors (Lipinski definition) is 4. The van der Waals surface area contributed by atoms with Gasteiger partial charge >= 0.3 is 6.03 Å². The highest BCUT2D eigenvalue weighted by Crippen LogP contribution is 2.21. The van der Waals surface area contributed by atoms with E-state index in [4.69, 9.17) is 0 Å². The van der Waals surface area contributed by atoms with E-state index in [1.54, 1.807) is 0 Å². The van der Waals surface area contributed by atoms with Crippen LogP contribution in [0, 0.1) is 0 Å². The molecule has 6 heteroatoms. The van der Waals surface area contributed by atoms with Gasteiger partial charge < -0.3 is 10.4 Å². The zero-order valence-corrected chi connectivity index (χ0v) is 12.5. The average Bonchev–Trinajstić information content (AvgIpc) is 2.39. The third-order valence-corrected chi connectivity index (χ3v) is 3.72. The van der Waals surface area contributed by atoms with Gasteiger partial charge in [-0.15, -0.1) is 0 Å². The first-order valence-corrected chi connectivity index (χ1v) is 7.50. The number of carbonyl (C=O) groups excluding carboxylic acids is 2.